The largest absolute Gasteiger partial charge is 2.00 e. The Bertz CT molecular complexity index is 191. The minimum absolute atomic E-state index is 0. The Morgan fingerprint density at radius 3 is 0.714 bits per heavy atom. The summed E-state index contributed by atoms with van der Waals surface area (Å²) >= 11 is 0. The smallest absolute Gasteiger partial charge is 1.00 e. The molecule has 0 aliphatic carbocycles. The molecule has 1 fully saturated rings. The molecule has 0 spiro atoms. The van der Waals surface area contributed by atoms with Crippen molar-refractivity contribution in [1.29, 1.82) is 0 Å². The number of rotatable bonds is 3. The van der Waals surface area contributed by atoms with E-state index in [0.29, 0.717) is 18.1 Å². The summed E-state index contributed by atoms with van der Waals surface area (Å²) in [6.07, 6.45) is 0. The van der Waals surface area contributed by atoms with Crippen molar-refractivity contribution in [2.45, 2.75) is 59.7 Å². The molecule has 1 radical (unpaired) electrons. The van der Waals surface area contributed by atoms with Crippen LogP contribution in [0.5, 0.6) is 0 Å². The maximum Gasteiger partial charge on any atom is 2.00 e. The SMILES string of the molecule is CC(C)N1CCN(C(C)C)CCN(C(C)C)CC1.[Cl-].[Cl-].[Cu+2]. The van der Waals surface area contributed by atoms with Gasteiger partial charge in [0.15, 0.2) is 0 Å². The van der Waals surface area contributed by atoms with E-state index in [1.807, 2.05) is 0 Å². The average molecular weight is 390 g/mol. The van der Waals surface area contributed by atoms with Gasteiger partial charge in [0.25, 0.3) is 0 Å². The maximum atomic E-state index is 2.62. The molecule has 1 saturated heterocycles. The van der Waals surface area contributed by atoms with Crippen LogP contribution in [0.2, 0.25) is 0 Å². The second kappa shape index (κ2) is 13.4. The molecule has 0 aromatic rings. The third kappa shape index (κ3) is 9.65. The van der Waals surface area contributed by atoms with Crippen LogP contribution >= 0.6 is 0 Å². The van der Waals surface area contributed by atoms with E-state index in [9.17, 15) is 0 Å². The molecule has 21 heavy (non-hydrogen) atoms. The van der Waals surface area contributed by atoms with Crippen LogP contribution in [0.15, 0.2) is 0 Å². The molecular weight excluding hydrogens is 357 g/mol. The summed E-state index contributed by atoms with van der Waals surface area (Å²) in [7, 11) is 0. The molecule has 0 aromatic heterocycles. The summed E-state index contributed by atoms with van der Waals surface area (Å²) in [5.74, 6) is 0. The van der Waals surface area contributed by atoms with Crippen LogP contribution in [0.3, 0.4) is 0 Å². The van der Waals surface area contributed by atoms with Gasteiger partial charge in [-0.2, -0.15) is 0 Å². The monoisotopic (exact) mass is 388 g/mol. The molecular formula is C15H33Cl2CuN3. The molecule has 1 heterocycles. The Hall–Kier alpha value is 0.979. The first-order valence-corrected chi connectivity index (χ1v) is 7.64. The van der Waals surface area contributed by atoms with Gasteiger partial charge in [-0.25, -0.2) is 0 Å². The quantitative estimate of drug-likeness (QED) is 0.458. The van der Waals surface area contributed by atoms with E-state index < -0.39 is 0 Å². The van der Waals surface area contributed by atoms with E-state index in [-0.39, 0.29) is 41.9 Å². The summed E-state index contributed by atoms with van der Waals surface area (Å²) in [5.41, 5.74) is 0. The van der Waals surface area contributed by atoms with Crippen LogP contribution in [-0.2, 0) is 17.1 Å². The topological polar surface area (TPSA) is 9.72 Å². The van der Waals surface area contributed by atoms with Crippen LogP contribution in [0.1, 0.15) is 41.5 Å². The van der Waals surface area contributed by atoms with Crippen LogP contribution in [-0.4, -0.2) is 72.1 Å². The van der Waals surface area contributed by atoms with Crippen LogP contribution in [0, 0.1) is 0 Å². The van der Waals surface area contributed by atoms with E-state index >= 15 is 0 Å². The molecule has 0 amide bonds. The molecule has 0 N–H and O–H groups in total. The van der Waals surface area contributed by atoms with Gasteiger partial charge in [-0.15, -0.1) is 0 Å². The molecule has 0 bridgehead atoms. The Morgan fingerprint density at radius 1 is 0.476 bits per heavy atom. The fourth-order valence-electron chi connectivity index (χ4n) is 2.66. The van der Waals surface area contributed by atoms with Crippen molar-refractivity contribution in [2.24, 2.45) is 0 Å². The first-order chi connectivity index (χ1) is 8.41. The summed E-state index contributed by atoms with van der Waals surface area (Å²) in [6.45, 7) is 21.2. The molecule has 133 valence electrons. The minimum Gasteiger partial charge on any atom is -1.00 e. The number of nitrogens with zero attached hydrogens (tertiary/aromatic N) is 3. The van der Waals surface area contributed by atoms with Crippen molar-refractivity contribution in [2.75, 3.05) is 39.3 Å². The second-order valence-corrected chi connectivity index (χ2v) is 6.39. The van der Waals surface area contributed by atoms with E-state index in [4.69, 9.17) is 0 Å². The van der Waals surface area contributed by atoms with E-state index in [0.717, 1.165) is 0 Å². The maximum absolute atomic E-state index is 2.62. The molecule has 1 aliphatic heterocycles. The molecule has 0 atom stereocenters. The van der Waals surface area contributed by atoms with Crippen molar-refractivity contribution in [1.82, 2.24) is 14.7 Å². The van der Waals surface area contributed by atoms with Gasteiger partial charge in [-0.05, 0) is 41.5 Å². The molecule has 6 heteroatoms. The Morgan fingerprint density at radius 2 is 0.619 bits per heavy atom. The third-order valence-corrected chi connectivity index (χ3v) is 4.21. The number of hydrogen-bond acceptors (Lipinski definition) is 3. The normalized spacial score (nSPS) is 19.3. The third-order valence-electron chi connectivity index (χ3n) is 4.21. The second-order valence-electron chi connectivity index (χ2n) is 6.39. The van der Waals surface area contributed by atoms with Gasteiger partial charge >= 0.3 is 17.1 Å². The molecule has 1 rings (SSSR count). The minimum atomic E-state index is 0. The predicted octanol–water partition coefficient (Wildman–Crippen LogP) is -3.86. The number of halogens is 2. The van der Waals surface area contributed by atoms with Crippen LogP contribution in [0.25, 0.3) is 0 Å². The van der Waals surface area contributed by atoms with Gasteiger partial charge in [0, 0.05) is 57.4 Å². The molecule has 0 unspecified atom stereocenters. The van der Waals surface area contributed by atoms with E-state index in [1.165, 1.54) is 39.3 Å². The zero-order valence-electron chi connectivity index (χ0n) is 14.4. The van der Waals surface area contributed by atoms with Crippen molar-refractivity contribution in [3.05, 3.63) is 0 Å². The summed E-state index contributed by atoms with van der Waals surface area (Å²) in [5, 5.41) is 0. The summed E-state index contributed by atoms with van der Waals surface area (Å²) < 4.78 is 0. The first kappa shape index (κ1) is 26.9. The molecule has 3 nitrogen and oxygen atoms in total. The van der Waals surface area contributed by atoms with E-state index in [1.54, 1.807) is 0 Å². The van der Waals surface area contributed by atoms with E-state index in [2.05, 4.69) is 56.2 Å². The summed E-state index contributed by atoms with van der Waals surface area (Å²) in [6, 6.07) is 1.98. The van der Waals surface area contributed by atoms with Crippen molar-refractivity contribution >= 4 is 0 Å². The zero-order valence-corrected chi connectivity index (χ0v) is 16.8. The van der Waals surface area contributed by atoms with Gasteiger partial charge in [0.1, 0.15) is 0 Å². The van der Waals surface area contributed by atoms with Gasteiger partial charge in [0.05, 0.1) is 0 Å². The Balaban J connectivity index is -0.00000108. The van der Waals surface area contributed by atoms with Gasteiger partial charge in [0.2, 0.25) is 0 Å². The summed E-state index contributed by atoms with van der Waals surface area (Å²) in [4.78, 5) is 7.86. The molecule has 0 aromatic carbocycles. The van der Waals surface area contributed by atoms with Gasteiger partial charge in [-0.3, -0.25) is 14.7 Å². The fraction of sp³-hybridized carbons (Fsp3) is 1.00. The first-order valence-electron chi connectivity index (χ1n) is 7.64. The van der Waals surface area contributed by atoms with Gasteiger partial charge < -0.3 is 24.8 Å². The van der Waals surface area contributed by atoms with Crippen molar-refractivity contribution in [3.8, 4) is 0 Å². The zero-order chi connectivity index (χ0) is 13.7. The van der Waals surface area contributed by atoms with Crippen LogP contribution < -0.4 is 24.8 Å². The predicted molar refractivity (Wildman–Crippen MR) is 80.1 cm³/mol. The fourth-order valence-corrected chi connectivity index (χ4v) is 2.66. The number of hydrogen-bond donors (Lipinski definition) is 0. The average Bonchev–Trinajstić information content (AvgIpc) is 2.37. The Labute approximate surface area is 155 Å². The standard InChI is InChI=1S/C15H33N3.2ClH.Cu/c1-13(2)16-7-9-17(14(3)4)11-12-18(10-8-16)15(5)6;;;/h13-15H,7-12H2,1-6H3;2*1H;/q;;;+2/p-2. The molecule has 0 saturated carbocycles. The van der Waals surface area contributed by atoms with Crippen molar-refractivity contribution in [3.63, 3.8) is 0 Å². The van der Waals surface area contributed by atoms with Gasteiger partial charge in [-0.1, -0.05) is 0 Å². The Kier molecular flexibility index (Phi) is 17.2. The van der Waals surface area contributed by atoms with Crippen LogP contribution in [0.4, 0.5) is 0 Å². The molecule has 1 aliphatic rings. The van der Waals surface area contributed by atoms with Crippen molar-refractivity contribution < 1.29 is 41.9 Å².